The summed E-state index contributed by atoms with van der Waals surface area (Å²) in [6.07, 6.45) is 1.67. The SMILES string of the molecule is Cc1ncc(NCc2cc(N)ccc2O)nc1C. The number of benzene rings is 1. The average Bonchev–Trinajstić information content (AvgIpc) is 2.34. The second-order valence-corrected chi connectivity index (χ2v) is 4.17. The second kappa shape index (κ2) is 4.91. The Morgan fingerprint density at radius 2 is 2.06 bits per heavy atom. The molecule has 1 aromatic heterocycles. The summed E-state index contributed by atoms with van der Waals surface area (Å²) in [7, 11) is 0. The van der Waals surface area contributed by atoms with Crippen LogP contribution in [0, 0.1) is 13.8 Å². The van der Waals surface area contributed by atoms with Gasteiger partial charge in [-0.05, 0) is 32.0 Å². The third kappa shape index (κ3) is 2.68. The minimum atomic E-state index is 0.216. The summed E-state index contributed by atoms with van der Waals surface area (Å²) in [6, 6.07) is 4.98. The van der Waals surface area contributed by atoms with Gasteiger partial charge in [-0.15, -0.1) is 0 Å². The first kappa shape index (κ1) is 12.2. The molecule has 5 nitrogen and oxygen atoms in total. The van der Waals surface area contributed by atoms with Crippen LogP contribution >= 0.6 is 0 Å². The van der Waals surface area contributed by atoms with Gasteiger partial charge in [0.25, 0.3) is 0 Å². The first-order valence-corrected chi connectivity index (χ1v) is 5.68. The van der Waals surface area contributed by atoms with Crippen LogP contribution in [-0.4, -0.2) is 15.1 Å². The number of hydrogen-bond acceptors (Lipinski definition) is 5. The zero-order valence-corrected chi connectivity index (χ0v) is 10.4. The average molecular weight is 244 g/mol. The van der Waals surface area contributed by atoms with Gasteiger partial charge in [-0.1, -0.05) is 0 Å². The van der Waals surface area contributed by atoms with E-state index in [1.54, 1.807) is 24.4 Å². The molecule has 2 rings (SSSR count). The van der Waals surface area contributed by atoms with Crippen molar-refractivity contribution >= 4 is 11.5 Å². The molecular formula is C13H16N4O. The zero-order valence-electron chi connectivity index (χ0n) is 10.4. The maximum atomic E-state index is 9.68. The molecule has 0 aliphatic heterocycles. The number of phenolic OH excluding ortho intramolecular Hbond substituents is 1. The van der Waals surface area contributed by atoms with E-state index in [9.17, 15) is 5.11 Å². The van der Waals surface area contributed by atoms with Gasteiger partial charge in [-0.2, -0.15) is 0 Å². The molecule has 0 aliphatic rings. The molecule has 0 unspecified atom stereocenters. The Labute approximate surface area is 106 Å². The van der Waals surface area contributed by atoms with Gasteiger partial charge in [-0.3, -0.25) is 4.98 Å². The van der Waals surface area contributed by atoms with Crippen molar-refractivity contribution in [3.63, 3.8) is 0 Å². The minimum absolute atomic E-state index is 0.216. The molecule has 0 fully saturated rings. The minimum Gasteiger partial charge on any atom is -0.508 e. The highest BCUT2D eigenvalue weighted by atomic mass is 16.3. The molecule has 0 saturated carbocycles. The topological polar surface area (TPSA) is 84.1 Å². The smallest absolute Gasteiger partial charge is 0.145 e. The Kier molecular flexibility index (Phi) is 3.32. The number of nitrogens with zero attached hydrogens (tertiary/aromatic N) is 2. The number of phenols is 1. The van der Waals surface area contributed by atoms with Gasteiger partial charge in [0.15, 0.2) is 0 Å². The van der Waals surface area contributed by atoms with Crippen LogP contribution in [0.3, 0.4) is 0 Å². The van der Waals surface area contributed by atoms with E-state index in [0.717, 1.165) is 17.0 Å². The van der Waals surface area contributed by atoms with Crippen molar-refractivity contribution in [1.82, 2.24) is 9.97 Å². The number of nitrogens with one attached hydrogen (secondary N) is 1. The largest absolute Gasteiger partial charge is 0.508 e. The molecule has 0 spiro atoms. The van der Waals surface area contributed by atoms with Crippen LogP contribution < -0.4 is 11.1 Å². The number of aromatic hydroxyl groups is 1. The van der Waals surface area contributed by atoms with E-state index in [-0.39, 0.29) is 5.75 Å². The highest BCUT2D eigenvalue weighted by Crippen LogP contribution is 2.20. The summed E-state index contributed by atoms with van der Waals surface area (Å²) in [5.41, 5.74) is 8.82. The first-order chi connectivity index (χ1) is 8.56. The predicted molar refractivity (Wildman–Crippen MR) is 71.4 cm³/mol. The molecular weight excluding hydrogens is 228 g/mol. The van der Waals surface area contributed by atoms with Gasteiger partial charge in [0, 0.05) is 17.8 Å². The van der Waals surface area contributed by atoms with Crippen molar-refractivity contribution in [3.8, 4) is 5.75 Å². The van der Waals surface area contributed by atoms with Crippen molar-refractivity contribution in [3.05, 3.63) is 41.3 Å². The van der Waals surface area contributed by atoms with E-state index < -0.39 is 0 Å². The lowest BCUT2D eigenvalue weighted by Crippen LogP contribution is -2.04. The fourth-order valence-electron chi connectivity index (χ4n) is 1.56. The van der Waals surface area contributed by atoms with Gasteiger partial charge >= 0.3 is 0 Å². The van der Waals surface area contributed by atoms with E-state index in [0.29, 0.717) is 18.1 Å². The Balaban J connectivity index is 2.11. The molecule has 2 aromatic rings. The van der Waals surface area contributed by atoms with E-state index in [4.69, 9.17) is 5.73 Å². The third-order valence-corrected chi connectivity index (χ3v) is 2.76. The quantitative estimate of drug-likeness (QED) is 0.568. The molecule has 0 bridgehead atoms. The Bertz CT molecular complexity index is 569. The summed E-state index contributed by atoms with van der Waals surface area (Å²) in [5.74, 6) is 0.897. The number of aromatic nitrogens is 2. The van der Waals surface area contributed by atoms with Crippen LogP contribution in [0.2, 0.25) is 0 Å². The summed E-state index contributed by atoms with van der Waals surface area (Å²) >= 11 is 0. The van der Waals surface area contributed by atoms with Crippen LogP contribution in [0.5, 0.6) is 5.75 Å². The number of aryl methyl sites for hydroxylation is 2. The molecule has 0 aliphatic carbocycles. The maximum absolute atomic E-state index is 9.68. The summed E-state index contributed by atoms with van der Waals surface area (Å²) in [6.45, 7) is 4.27. The van der Waals surface area contributed by atoms with E-state index in [2.05, 4.69) is 15.3 Å². The van der Waals surface area contributed by atoms with Crippen molar-refractivity contribution in [2.75, 3.05) is 11.1 Å². The highest BCUT2D eigenvalue weighted by molar-refractivity contribution is 5.48. The summed E-state index contributed by atoms with van der Waals surface area (Å²) in [4.78, 5) is 8.57. The number of rotatable bonds is 3. The van der Waals surface area contributed by atoms with Gasteiger partial charge in [0.2, 0.25) is 0 Å². The first-order valence-electron chi connectivity index (χ1n) is 5.68. The zero-order chi connectivity index (χ0) is 13.1. The second-order valence-electron chi connectivity index (χ2n) is 4.17. The van der Waals surface area contributed by atoms with E-state index >= 15 is 0 Å². The lowest BCUT2D eigenvalue weighted by atomic mass is 10.2. The number of nitrogens with two attached hydrogens (primary N) is 1. The number of hydrogen-bond donors (Lipinski definition) is 3. The molecule has 94 valence electrons. The van der Waals surface area contributed by atoms with Crippen LogP contribution in [0.25, 0.3) is 0 Å². The molecule has 5 heteroatoms. The molecule has 0 radical (unpaired) electrons. The normalized spacial score (nSPS) is 10.3. The van der Waals surface area contributed by atoms with Crippen molar-refractivity contribution in [2.24, 2.45) is 0 Å². The fourth-order valence-corrected chi connectivity index (χ4v) is 1.56. The Morgan fingerprint density at radius 1 is 1.28 bits per heavy atom. The van der Waals surface area contributed by atoms with Gasteiger partial charge in [-0.25, -0.2) is 4.98 Å². The predicted octanol–water partition coefficient (Wildman–Crippen LogP) is 1.99. The number of anilines is 2. The monoisotopic (exact) mass is 244 g/mol. The summed E-state index contributed by atoms with van der Waals surface area (Å²) in [5, 5.41) is 12.8. The third-order valence-electron chi connectivity index (χ3n) is 2.76. The lowest BCUT2D eigenvalue weighted by molar-refractivity contribution is 0.469. The van der Waals surface area contributed by atoms with Crippen LogP contribution in [-0.2, 0) is 6.54 Å². The van der Waals surface area contributed by atoms with Crippen molar-refractivity contribution < 1.29 is 5.11 Å². The van der Waals surface area contributed by atoms with Crippen molar-refractivity contribution in [2.45, 2.75) is 20.4 Å². The van der Waals surface area contributed by atoms with Gasteiger partial charge in [0.1, 0.15) is 11.6 Å². The summed E-state index contributed by atoms with van der Waals surface area (Å²) < 4.78 is 0. The van der Waals surface area contributed by atoms with E-state index in [1.807, 2.05) is 13.8 Å². The van der Waals surface area contributed by atoms with E-state index in [1.165, 1.54) is 0 Å². The molecule has 0 atom stereocenters. The maximum Gasteiger partial charge on any atom is 0.145 e. The molecule has 0 amide bonds. The van der Waals surface area contributed by atoms with Crippen LogP contribution in [0.4, 0.5) is 11.5 Å². The van der Waals surface area contributed by atoms with Gasteiger partial charge < -0.3 is 16.2 Å². The molecule has 18 heavy (non-hydrogen) atoms. The number of nitrogen functional groups attached to an aromatic ring is 1. The highest BCUT2D eigenvalue weighted by Gasteiger charge is 2.03. The van der Waals surface area contributed by atoms with Gasteiger partial charge in [0.05, 0.1) is 17.6 Å². The van der Waals surface area contributed by atoms with Crippen molar-refractivity contribution in [1.29, 1.82) is 0 Å². The Hall–Kier alpha value is -2.30. The fraction of sp³-hybridized carbons (Fsp3) is 0.231. The Morgan fingerprint density at radius 3 is 2.78 bits per heavy atom. The van der Waals surface area contributed by atoms with Crippen LogP contribution in [0.1, 0.15) is 17.0 Å². The standard InChI is InChI=1S/C13H16N4O/c1-8-9(2)17-13(7-15-8)16-6-10-5-11(14)3-4-12(10)18/h3-5,7,18H,6,14H2,1-2H3,(H,16,17). The lowest BCUT2D eigenvalue weighted by Gasteiger charge is -2.09. The molecule has 4 N–H and O–H groups in total. The molecule has 1 heterocycles. The molecule has 0 saturated heterocycles. The molecule has 1 aromatic carbocycles. The van der Waals surface area contributed by atoms with Crippen LogP contribution in [0.15, 0.2) is 24.4 Å².